The maximum absolute atomic E-state index is 11.8. The highest BCUT2D eigenvalue weighted by Crippen LogP contribution is 2.25. The third kappa shape index (κ3) is 4.71. The number of benzene rings is 1. The zero-order valence-corrected chi connectivity index (χ0v) is 12.7. The zero-order chi connectivity index (χ0) is 14.4. The largest absolute Gasteiger partial charge is 0.482 e. The first kappa shape index (κ1) is 15.2. The monoisotopic (exact) mass is 295 g/mol. The van der Waals surface area contributed by atoms with E-state index in [1.165, 1.54) is 32.1 Å². The van der Waals surface area contributed by atoms with Crippen molar-refractivity contribution in [1.29, 1.82) is 0 Å². The molecule has 0 aliphatic heterocycles. The number of aryl methyl sites for hydroxylation is 1. The fourth-order valence-electron chi connectivity index (χ4n) is 2.56. The van der Waals surface area contributed by atoms with Gasteiger partial charge in [0, 0.05) is 6.54 Å². The summed E-state index contributed by atoms with van der Waals surface area (Å²) >= 11 is 6.02. The summed E-state index contributed by atoms with van der Waals surface area (Å²) in [5.74, 6) is 1.13. The normalized spacial score (nSPS) is 15.9. The number of ether oxygens (including phenoxy) is 1. The first-order valence-electron chi connectivity index (χ1n) is 7.31. The molecular formula is C16H22ClNO2. The molecule has 2 rings (SSSR count). The number of halogens is 1. The molecule has 4 heteroatoms. The van der Waals surface area contributed by atoms with Crippen LogP contribution in [0.3, 0.4) is 0 Å². The van der Waals surface area contributed by atoms with Gasteiger partial charge in [-0.25, -0.2) is 0 Å². The molecule has 3 nitrogen and oxygen atoms in total. The highest BCUT2D eigenvalue weighted by atomic mass is 35.5. The van der Waals surface area contributed by atoms with Crippen molar-refractivity contribution in [3.05, 3.63) is 28.8 Å². The Hall–Kier alpha value is -1.22. The molecule has 0 bridgehead atoms. The predicted molar refractivity (Wildman–Crippen MR) is 81.3 cm³/mol. The predicted octanol–water partition coefficient (Wildman–Crippen LogP) is 3.72. The van der Waals surface area contributed by atoms with Crippen molar-refractivity contribution in [2.75, 3.05) is 13.2 Å². The molecule has 0 aromatic heterocycles. The maximum atomic E-state index is 11.8. The second-order valence-electron chi connectivity index (χ2n) is 5.53. The number of nitrogens with one attached hydrogen (secondary N) is 1. The summed E-state index contributed by atoms with van der Waals surface area (Å²) in [5.41, 5.74) is 1.06. The molecule has 0 heterocycles. The van der Waals surface area contributed by atoms with Crippen molar-refractivity contribution in [3.63, 3.8) is 0 Å². The fraction of sp³-hybridized carbons (Fsp3) is 0.562. The van der Waals surface area contributed by atoms with Crippen LogP contribution in [0.25, 0.3) is 0 Å². The molecule has 110 valence electrons. The van der Waals surface area contributed by atoms with Crippen LogP contribution in [0.5, 0.6) is 5.75 Å². The van der Waals surface area contributed by atoms with Crippen LogP contribution in [0.4, 0.5) is 0 Å². The molecule has 1 aromatic rings. The molecule has 20 heavy (non-hydrogen) atoms. The molecule has 1 amide bonds. The van der Waals surface area contributed by atoms with Crippen molar-refractivity contribution in [2.24, 2.45) is 5.92 Å². The maximum Gasteiger partial charge on any atom is 0.257 e. The minimum atomic E-state index is -0.0758. The van der Waals surface area contributed by atoms with E-state index < -0.39 is 0 Å². The lowest BCUT2D eigenvalue weighted by Crippen LogP contribution is -2.33. The van der Waals surface area contributed by atoms with Crippen LogP contribution < -0.4 is 10.1 Å². The minimum Gasteiger partial charge on any atom is -0.482 e. The number of hydrogen-bond acceptors (Lipinski definition) is 2. The summed E-state index contributed by atoms with van der Waals surface area (Å²) in [6.45, 7) is 2.76. The van der Waals surface area contributed by atoms with Gasteiger partial charge in [-0.1, -0.05) is 36.9 Å². The molecule has 1 fully saturated rings. The van der Waals surface area contributed by atoms with Gasteiger partial charge in [-0.3, -0.25) is 4.79 Å². The summed E-state index contributed by atoms with van der Waals surface area (Å²) in [6.07, 6.45) is 6.36. The van der Waals surface area contributed by atoms with E-state index in [9.17, 15) is 4.79 Å². The Labute approximate surface area is 125 Å². The second kappa shape index (κ2) is 7.53. The van der Waals surface area contributed by atoms with Crippen molar-refractivity contribution < 1.29 is 9.53 Å². The summed E-state index contributed by atoms with van der Waals surface area (Å²) in [5, 5.41) is 3.49. The number of carbonyl (C=O) groups is 1. The lowest BCUT2D eigenvalue weighted by Gasteiger charge is -2.21. The molecule has 0 saturated heterocycles. The molecule has 0 radical (unpaired) electrons. The SMILES string of the molecule is Cc1ccc(Cl)c(OCC(=O)NCC2CCCCC2)c1. The molecule has 0 atom stereocenters. The van der Waals surface area contributed by atoms with Gasteiger partial charge < -0.3 is 10.1 Å². The second-order valence-corrected chi connectivity index (χ2v) is 5.94. The standard InChI is InChI=1S/C16H22ClNO2/c1-12-7-8-14(17)15(9-12)20-11-16(19)18-10-13-5-3-2-4-6-13/h7-9,13H,2-6,10-11H2,1H3,(H,18,19). The third-order valence-electron chi connectivity index (χ3n) is 3.76. The highest BCUT2D eigenvalue weighted by molar-refractivity contribution is 6.32. The number of amides is 1. The summed E-state index contributed by atoms with van der Waals surface area (Å²) in [6, 6.07) is 5.54. The van der Waals surface area contributed by atoms with Gasteiger partial charge >= 0.3 is 0 Å². The van der Waals surface area contributed by atoms with Crippen molar-refractivity contribution >= 4 is 17.5 Å². The molecule has 0 unspecified atom stereocenters. The van der Waals surface area contributed by atoms with Crippen LogP contribution in [-0.4, -0.2) is 19.1 Å². The summed E-state index contributed by atoms with van der Waals surface area (Å²) in [7, 11) is 0. The average molecular weight is 296 g/mol. The summed E-state index contributed by atoms with van der Waals surface area (Å²) in [4.78, 5) is 11.8. The van der Waals surface area contributed by atoms with Gasteiger partial charge in [0.2, 0.25) is 0 Å². The van der Waals surface area contributed by atoms with Crippen LogP contribution in [0, 0.1) is 12.8 Å². The van der Waals surface area contributed by atoms with Gasteiger partial charge in [-0.2, -0.15) is 0 Å². The van der Waals surface area contributed by atoms with Crippen molar-refractivity contribution in [2.45, 2.75) is 39.0 Å². The van der Waals surface area contributed by atoms with E-state index in [0.717, 1.165) is 12.1 Å². The quantitative estimate of drug-likeness (QED) is 0.899. The lowest BCUT2D eigenvalue weighted by atomic mass is 9.89. The number of carbonyl (C=O) groups excluding carboxylic acids is 1. The topological polar surface area (TPSA) is 38.3 Å². The van der Waals surface area contributed by atoms with E-state index in [-0.39, 0.29) is 12.5 Å². The number of rotatable bonds is 5. The van der Waals surface area contributed by atoms with Gasteiger partial charge in [0.05, 0.1) is 5.02 Å². The molecule has 1 saturated carbocycles. The first-order valence-corrected chi connectivity index (χ1v) is 7.68. The van der Waals surface area contributed by atoms with Gasteiger partial charge in [0.1, 0.15) is 5.75 Å². The average Bonchev–Trinajstić information content (AvgIpc) is 2.47. The Kier molecular flexibility index (Phi) is 5.72. The van der Waals surface area contributed by atoms with Crippen LogP contribution in [-0.2, 0) is 4.79 Å². The lowest BCUT2D eigenvalue weighted by molar-refractivity contribution is -0.123. The van der Waals surface area contributed by atoms with Gasteiger partial charge in [0.15, 0.2) is 6.61 Å². The Morgan fingerprint density at radius 1 is 1.35 bits per heavy atom. The van der Waals surface area contributed by atoms with Gasteiger partial charge in [0.25, 0.3) is 5.91 Å². The third-order valence-corrected chi connectivity index (χ3v) is 4.07. The molecule has 1 aliphatic carbocycles. The smallest absolute Gasteiger partial charge is 0.257 e. The van der Waals surface area contributed by atoms with Crippen LogP contribution in [0.15, 0.2) is 18.2 Å². The molecule has 1 aliphatic rings. The summed E-state index contributed by atoms with van der Waals surface area (Å²) < 4.78 is 5.48. The molecular weight excluding hydrogens is 274 g/mol. The van der Waals surface area contributed by atoms with Crippen molar-refractivity contribution in [1.82, 2.24) is 5.32 Å². The highest BCUT2D eigenvalue weighted by Gasteiger charge is 2.14. The van der Waals surface area contributed by atoms with E-state index in [4.69, 9.17) is 16.3 Å². The van der Waals surface area contributed by atoms with Crippen LogP contribution in [0.2, 0.25) is 5.02 Å². The fourth-order valence-corrected chi connectivity index (χ4v) is 2.74. The Morgan fingerprint density at radius 3 is 2.85 bits per heavy atom. The molecule has 1 aromatic carbocycles. The van der Waals surface area contributed by atoms with Crippen LogP contribution in [0.1, 0.15) is 37.7 Å². The van der Waals surface area contributed by atoms with E-state index in [2.05, 4.69) is 5.32 Å². The zero-order valence-electron chi connectivity index (χ0n) is 12.0. The van der Waals surface area contributed by atoms with Gasteiger partial charge in [-0.05, 0) is 43.4 Å². The molecule has 1 N–H and O–H groups in total. The van der Waals surface area contributed by atoms with E-state index in [1.807, 2.05) is 19.1 Å². The van der Waals surface area contributed by atoms with Crippen molar-refractivity contribution in [3.8, 4) is 5.75 Å². The Balaban J connectivity index is 1.73. The Bertz CT molecular complexity index is 456. The minimum absolute atomic E-state index is 0.0237. The first-order chi connectivity index (χ1) is 9.65. The Morgan fingerprint density at radius 2 is 2.10 bits per heavy atom. The van der Waals surface area contributed by atoms with E-state index in [1.54, 1.807) is 6.07 Å². The van der Waals surface area contributed by atoms with E-state index in [0.29, 0.717) is 16.7 Å². The molecule has 0 spiro atoms. The van der Waals surface area contributed by atoms with Gasteiger partial charge in [-0.15, -0.1) is 0 Å². The van der Waals surface area contributed by atoms with Crippen LogP contribution >= 0.6 is 11.6 Å². The number of hydrogen-bond donors (Lipinski definition) is 1. The van der Waals surface area contributed by atoms with E-state index >= 15 is 0 Å².